The van der Waals surface area contributed by atoms with E-state index in [1.165, 1.54) is 0 Å². The monoisotopic (exact) mass is 250 g/mol. The molecule has 1 atom stereocenters. The highest BCUT2D eigenvalue weighted by Gasteiger charge is 2.08. The Morgan fingerprint density at radius 2 is 1.89 bits per heavy atom. The molecular weight excluding hydrogens is 232 g/mol. The van der Waals surface area contributed by atoms with Crippen molar-refractivity contribution in [2.75, 3.05) is 11.9 Å². The van der Waals surface area contributed by atoms with Crippen molar-refractivity contribution in [1.82, 2.24) is 10.6 Å². The number of carbonyl (C=O) groups excluding carboxylic acids is 2. The Labute approximate surface area is 106 Å². The Kier molecular flexibility index (Phi) is 4.98. The average Bonchev–Trinajstić information content (AvgIpc) is 2.29. The van der Waals surface area contributed by atoms with Gasteiger partial charge >= 0.3 is 12.1 Å². The topological polar surface area (TPSA) is 96.2 Å². The molecule has 18 heavy (non-hydrogen) atoms. The summed E-state index contributed by atoms with van der Waals surface area (Å²) in [6.07, 6.45) is 0. The van der Waals surface area contributed by atoms with Crippen LogP contribution in [0.5, 0.6) is 0 Å². The number of primary amides is 1. The second-order valence-electron chi connectivity index (χ2n) is 3.84. The summed E-state index contributed by atoms with van der Waals surface area (Å²) >= 11 is 0. The van der Waals surface area contributed by atoms with Crippen molar-refractivity contribution in [2.24, 2.45) is 5.73 Å². The second-order valence-corrected chi connectivity index (χ2v) is 3.84. The molecule has 0 saturated carbocycles. The molecule has 1 unspecified atom stereocenters. The molecule has 0 aliphatic heterocycles. The van der Waals surface area contributed by atoms with Crippen molar-refractivity contribution < 1.29 is 9.59 Å². The van der Waals surface area contributed by atoms with Gasteiger partial charge in [-0.2, -0.15) is 0 Å². The summed E-state index contributed by atoms with van der Waals surface area (Å²) in [6, 6.07) is 6.19. The van der Waals surface area contributed by atoms with Crippen molar-refractivity contribution in [3.63, 3.8) is 0 Å². The first-order valence-corrected chi connectivity index (χ1v) is 5.73. The minimum Gasteiger partial charge on any atom is -0.351 e. The van der Waals surface area contributed by atoms with Crippen molar-refractivity contribution in [3.8, 4) is 0 Å². The lowest BCUT2D eigenvalue weighted by Crippen LogP contribution is -2.36. The lowest BCUT2D eigenvalue weighted by molar-refractivity contribution is 0.238. The fourth-order valence-corrected chi connectivity index (χ4v) is 1.49. The minimum absolute atomic E-state index is 0.112. The average molecular weight is 250 g/mol. The van der Waals surface area contributed by atoms with Crippen molar-refractivity contribution in [3.05, 3.63) is 29.8 Å². The van der Waals surface area contributed by atoms with Gasteiger partial charge in [0.25, 0.3) is 0 Å². The van der Waals surface area contributed by atoms with Crippen LogP contribution in [-0.2, 0) is 0 Å². The number of rotatable bonds is 4. The minimum atomic E-state index is -0.601. The summed E-state index contributed by atoms with van der Waals surface area (Å²) in [5.41, 5.74) is 6.57. The predicted octanol–water partition coefficient (Wildman–Crippen LogP) is 1.56. The van der Waals surface area contributed by atoms with Crippen LogP contribution in [0.3, 0.4) is 0 Å². The lowest BCUT2D eigenvalue weighted by atomic mass is 10.1. The Morgan fingerprint density at radius 1 is 1.28 bits per heavy atom. The van der Waals surface area contributed by atoms with Gasteiger partial charge in [0.15, 0.2) is 0 Å². The van der Waals surface area contributed by atoms with E-state index in [9.17, 15) is 9.59 Å². The van der Waals surface area contributed by atoms with Gasteiger partial charge in [0.2, 0.25) is 0 Å². The first kappa shape index (κ1) is 13.8. The van der Waals surface area contributed by atoms with E-state index in [1.807, 2.05) is 26.0 Å². The third kappa shape index (κ3) is 4.32. The van der Waals surface area contributed by atoms with E-state index in [0.29, 0.717) is 12.2 Å². The molecule has 4 amide bonds. The summed E-state index contributed by atoms with van der Waals surface area (Å²) in [4.78, 5) is 22.0. The van der Waals surface area contributed by atoms with Gasteiger partial charge in [-0.15, -0.1) is 0 Å². The van der Waals surface area contributed by atoms with Crippen LogP contribution in [-0.4, -0.2) is 18.6 Å². The van der Waals surface area contributed by atoms with Crippen LogP contribution in [0.2, 0.25) is 0 Å². The molecular formula is C12H18N4O2. The highest BCUT2D eigenvalue weighted by atomic mass is 16.2. The summed E-state index contributed by atoms with van der Waals surface area (Å²) in [6.45, 7) is 4.32. The van der Waals surface area contributed by atoms with Gasteiger partial charge < -0.3 is 21.7 Å². The quantitative estimate of drug-likeness (QED) is 0.652. The SMILES string of the molecule is CCNC(=O)NC(C)c1ccc(NC(N)=O)cc1. The van der Waals surface area contributed by atoms with E-state index in [0.717, 1.165) is 5.56 Å². The van der Waals surface area contributed by atoms with E-state index in [4.69, 9.17) is 5.73 Å². The normalized spacial score (nSPS) is 11.4. The maximum absolute atomic E-state index is 11.3. The van der Waals surface area contributed by atoms with Crippen molar-refractivity contribution >= 4 is 17.7 Å². The Bertz CT molecular complexity index is 417. The number of urea groups is 2. The third-order valence-corrected chi connectivity index (χ3v) is 2.36. The van der Waals surface area contributed by atoms with E-state index in [-0.39, 0.29) is 12.1 Å². The molecule has 0 heterocycles. The molecule has 1 aromatic carbocycles. The van der Waals surface area contributed by atoms with Crippen LogP contribution in [0, 0.1) is 0 Å². The Balaban J connectivity index is 2.61. The Morgan fingerprint density at radius 3 is 2.39 bits per heavy atom. The molecule has 0 aliphatic carbocycles. The zero-order valence-corrected chi connectivity index (χ0v) is 10.5. The van der Waals surface area contributed by atoms with Crippen LogP contribution in [0.15, 0.2) is 24.3 Å². The zero-order chi connectivity index (χ0) is 13.5. The summed E-state index contributed by atoms with van der Waals surface area (Å²) in [7, 11) is 0. The molecule has 0 radical (unpaired) electrons. The maximum Gasteiger partial charge on any atom is 0.316 e. The Hall–Kier alpha value is -2.24. The number of carbonyl (C=O) groups is 2. The molecule has 0 aromatic heterocycles. The molecule has 6 nitrogen and oxygen atoms in total. The molecule has 0 spiro atoms. The van der Waals surface area contributed by atoms with Crippen LogP contribution < -0.4 is 21.7 Å². The van der Waals surface area contributed by atoms with Crippen LogP contribution in [0.4, 0.5) is 15.3 Å². The van der Waals surface area contributed by atoms with Crippen LogP contribution >= 0.6 is 0 Å². The molecule has 5 N–H and O–H groups in total. The molecule has 0 fully saturated rings. The fourth-order valence-electron chi connectivity index (χ4n) is 1.49. The molecule has 1 rings (SSSR count). The maximum atomic E-state index is 11.3. The first-order chi connectivity index (χ1) is 8.52. The molecule has 98 valence electrons. The number of anilines is 1. The lowest BCUT2D eigenvalue weighted by Gasteiger charge is -2.15. The number of hydrogen-bond acceptors (Lipinski definition) is 2. The number of hydrogen-bond donors (Lipinski definition) is 4. The van der Waals surface area contributed by atoms with E-state index >= 15 is 0 Å². The van der Waals surface area contributed by atoms with Gasteiger partial charge in [0, 0.05) is 12.2 Å². The number of nitrogens with two attached hydrogens (primary N) is 1. The van der Waals surface area contributed by atoms with E-state index in [1.54, 1.807) is 12.1 Å². The standard InChI is InChI=1S/C12H18N4O2/c1-3-14-12(18)15-8(2)9-4-6-10(7-5-9)16-11(13)17/h4-8H,3H2,1-2H3,(H3,13,16,17)(H2,14,15,18). The van der Waals surface area contributed by atoms with Crippen LogP contribution in [0.1, 0.15) is 25.5 Å². The largest absolute Gasteiger partial charge is 0.351 e. The second kappa shape index (κ2) is 6.48. The number of benzene rings is 1. The predicted molar refractivity (Wildman–Crippen MR) is 70.3 cm³/mol. The zero-order valence-electron chi connectivity index (χ0n) is 10.5. The van der Waals surface area contributed by atoms with Crippen molar-refractivity contribution in [2.45, 2.75) is 19.9 Å². The smallest absolute Gasteiger partial charge is 0.316 e. The molecule has 1 aromatic rings. The van der Waals surface area contributed by atoms with Gasteiger partial charge in [-0.1, -0.05) is 12.1 Å². The molecule has 6 heteroatoms. The molecule has 0 bridgehead atoms. The van der Waals surface area contributed by atoms with Crippen LogP contribution in [0.25, 0.3) is 0 Å². The number of amides is 4. The van der Waals surface area contributed by atoms with Crippen molar-refractivity contribution in [1.29, 1.82) is 0 Å². The molecule has 0 aliphatic rings. The molecule has 0 saturated heterocycles. The van der Waals surface area contributed by atoms with E-state index < -0.39 is 6.03 Å². The van der Waals surface area contributed by atoms with E-state index in [2.05, 4.69) is 16.0 Å². The fraction of sp³-hybridized carbons (Fsp3) is 0.333. The highest BCUT2D eigenvalue weighted by molar-refractivity contribution is 5.87. The third-order valence-electron chi connectivity index (χ3n) is 2.36. The van der Waals surface area contributed by atoms with Gasteiger partial charge in [0.05, 0.1) is 6.04 Å². The summed E-state index contributed by atoms with van der Waals surface area (Å²) < 4.78 is 0. The highest BCUT2D eigenvalue weighted by Crippen LogP contribution is 2.15. The van der Waals surface area contributed by atoms with Gasteiger partial charge in [0.1, 0.15) is 0 Å². The van der Waals surface area contributed by atoms with Gasteiger partial charge in [-0.05, 0) is 31.5 Å². The number of nitrogens with one attached hydrogen (secondary N) is 3. The summed E-state index contributed by atoms with van der Waals surface area (Å²) in [5.74, 6) is 0. The summed E-state index contributed by atoms with van der Waals surface area (Å²) in [5, 5.41) is 7.93. The first-order valence-electron chi connectivity index (χ1n) is 5.73. The van der Waals surface area contributed by atoms with Gasteiger partial charge in [-0.25, -0.2) is 9.59 Å². The van der Waals surface area contributed by atoms with Gasteiger partial charge in [-0.3, -0.25) is 0 Å².